The largest absolute Gasteiger partial charge is 0.390 e. The molecular formula is C25H30ClN7O5S. The molecule has 2 amide bonds. The van der Waals surface area contributed by atoms with Gasteiger partial charge in [-0.15, -0.1) is 0 Å². The number of rotatable bonds is 6. The first kappa shape index (κ1) is 27.2. The van der Waals surface area contributed by atoms with Gasteiger partial charge >= 0.3 is 0 Å². The van der Waals surface area contributed by atoms with Crippen LogP contribution in [0.1, 0.15) is 46.9 Å². The van der Waals surface area contributed by atoms with Crippen molar-refractivity contribution in [3.8, 4) is 0 Å². The lowest BCUT2D eigenvalue weighted by Crippen LogP contribution is -2.39. The van der Waals surface area contributed by atoms with E-state index in [1.807, 2.05) is 24.1 Å². The number of sulfonamides is 1. The normalized spacial score (nSPS) is 21.9. The minimum Gasteiger partial charge on any atom is -0.390 e. The Morgan fingerprint density at radius 1 is 1.21 bits per heavy atom. The zero-order chi connectivity index (χ0) is 28.1. The van der Waals surface area contributed by atoms with E-state index in [0.29, 0.717) is 35.1 Å². The molecule has 2 aliphatic rings. The van der Waals surface area contributed by atoms with Gasteiger partial charge in [-0.2, -0.15) is 5.10 Å². The maximum absolute atomic E-state index is 13.8. The molecule has 3 aromatic rings. The minimum atomic E-state index is -3.62. The summed E-state index contributed by atoms with van der Waals surface area (Å²) in [7, 11) is -3.62. The zero-order valence-corrected chi connectivity index (χ0v) is 23.1. The van der Waals surface area contributed by atoms with Crippen LogP contribution in [0.4, 0.5) is 11.5 Å². The SMILES string of the molecule is Cc1cn2nc([C@@H]3CCCCN3C(=O)c3cc(Cl)ccc3NS(C)(=O)=O)cc2nc1N1C[C@@H](O)[C@H](C(N)=O)C1. The van der Waals surface area contributed by atoms with E-state index >= 15 is 0 Å². The molecule has 2 fully saturated rings. The molecule has 4 heterocycles. The van der Waals surface area contributed by atoms with Gasteiger partial charge in [-0.25, -0.2) is 17.9 Å². The topological polar surface area (TPSA) is 163 Å². The molecule has 208 valence electrons. The van der Waals surface area contributed by atoms with E-state index in [9.17, 15) is 23.1 Å². The van der Waals surface area contributed by atoms with Gasteiger partial charge in [0.1, 0.15) is 5.82 Å². The molecule has 39 heavy (non-hydrogen) atoms. The van der Waals surface area contributed by atoms with Gasteiger partial charge in [-0.05, 0) is 44.4 Å². The molecule has 12 nitrogen and oxygen atoms in total. The fourth-order valence-electron chi connectivity index (χ4n) is 5.36. The van der Waals surface area contributed by atoms with Crippen molar-refractivity contribution in [1.29, 1.82) is 0 Å². The lowest BCUT2D eigenvalue weighted by Gasteiger charge is -2.35. The summed E-state index contributed by atoms with van der Waals surface area (Å²) < 4.78 is 27.9. The van der Waals surface area contributed by atoms with Crippen LogP contribution in [0.5, 0.6) is 0 Å². The number of β-amino-alcohol motifs (C(OH)–C–C–N with tert-alkyl or cyclic N) is 1. The third-order valence-electron chi connectivity index (χ3n) is 7.19. The third kappa shape index (κ3) is 5.52. The number of carbonyl (C=O) groups excluding carboxylic acids is 2. The Morgan fingerprint density at radius 3 is 2.67 bits per heavy atom. The standard InChI is InChI=1S/C25H30ClN7O5S/c1-14-11-33-22(28-24(14)31-12-17(23(27)35)21(34)13-31)10-19(29-33)20-5-3-4-8-32(20)25(36)16-9-15(26)6-7-18(16)30-39(2,37)38/h6-7,9-11,17,20-21,30,34H,3-5,8,12-13H2,1-2H3,(H2,27,35)/t17-,20+,21-/m1/s1. The summed E-state index contributed by atoms with van der Waals surface area (Å²) in [5.74, 6) is -0.937. The lowest BCUT2D eigenvalue weighted by atomic mass is 9.98. The molecule has 1 aromatic carbocycles. The van der Waals surface area contributed by atoms with Crippen LogP contribution in [-0.2, 0) is 14.8 Å². The van der Waals surface area contributed by atoms with Gasteiger partial charge in [0.2, 0.25) is 15.9 Å². The Balaban J connectivity index is 1.47. The summed E-state index contributed by atoms with van der Waals surface area (Å²) >= 11 is 6.18. The molecule has 0 spiro atoms. The molecule has 4 N–H and O–H groups in total. The molecule has 0 bridgehead atoms. The smallest absolute Gasteiger partial charge is 0.256 e. The molecule has 0 unspecified atom stereocenters. The zero-order valence-electron chi connectivity index (χ0n) is 21.5. The Bertz CT molecular complexity index is 1560. The molecule has 0 radical (unpaired) electrons. The van der Waals surface area contributed by atoms with Crippen molar-refractivity contribution in [2.24, 2.45) is 11.7 Å². The summed E-state index contributed by atoms with van der Waals surface area (Å²) in [5, 5.41) is 15.3. The number of aliphatic hydroxyl groups is 1. The number of fused-ring (bicyclic) bond motifs is 1. The predicted octanol–water partition coefficient (Wildman–Crippen LogP) is 1.71. The molecule has 0 saturated carbocycles. The van der Waals surface area contributed by atoms with Gasteiger partial charge < -0.3 is 20.6 Å². The van der Waals surface area contributed by atoms with E-state index in [1.54, 1.807) is 9.42 Å². The first-order valence-corrected chi connectivity index (χ1v) is 14.9. The molecule has 5 rings (SSSR count). The number of benzene rings is 1. The van der Waals surface area contributed by atoms with Crippen LogP contribution in [0, 0.1) is 12.8 Å². The van der Waals surface area contributed by atoms with Crippen LogP contribution in [0.25, 0.3) is 5.65 Å². The number of nitrogens with one attached hydrogen (secondary N) is 1. The Hall–Kier alpha value is -3.42. The number of hydrogen-bond donors (Lipinski definition) is 3. The van der Waals surface area contributed by atoms with Crippen molar-refractivity contribution in [2.75, 3.05) is 35.5 Å². The number of hydrogen-bond acceptors (Lipinski definition) is 8. The minimum absolute atomic E-state index is 0.162. The number of amides is 2. The summed E-state index contributed by atoms with van der Waals surface area (Å²) in [6.45, 7) is 2.86. The first-order chi connectivity index (χ1) is 18.4. The van der Waals surface area contributed by atoms with Crippen LogP contribution in [-0.4, -0.2) is 76.8 Å². The monoisotopic (exact) mass is 575 g/mol. The number of piperidine rings is 1. The Morgan fingerprint density at radius 2 is 1.97 bits per heavy atom. The highest BCUT2D eigenvalue weighted by Gasteiger charge is 2.37. The Labute approximate surface area is 230 Å². The fraction of sp³-hybridized carbons (Fsp3) is 0.440. The highest BCUT2D eigenvalue weighted by atomic mass is 35.5. The quantitative estimate of drug-likeness (QED) is 0.400. The number of likely N-dealkylation sites (tertiary alicyclic amines) is 1. The van der Waals surface area contributed by atoms with Crippen molar-refractivity contribution >= 4 is 50.6 Å². The summed E-state index contributed by atoms with van der Waals surface area (Å²) in [6.07, 6.45) is 4.35. The van der Waals surface area contributed by atoms with E-state index in [1.165, 1.54) is 18.2 Å². The average Bonchev–Trinajstić information content (AvgIpc) is 3.46. The van der Waals surface area contributed by atoms with Crippen LogP contribution in [0.3, 0.4) is 0 Å². The average molecular weight is 576 g/mol. The number of anilines is 2. The van der Waals surface area contributed by atoms with Crippen molar-refractivity contribution < 1.29 is 23.1 Å². The summed E-state index contributed by atoms with van der Waals surface area (Å²) in [4.78, 5) is 33.8. The Kier molecular flexibility index (Phi) is 7.16. The van der Waals surface area contributed by atoms with Crippen LogP contribution < -0.4 is 15.4 Å². The van der Waals surface area contributed by atoms with Crippen molar-refractivity contribution in [3.63, 3.8) is 0 Å². The summed E-state index contributed by atoms with van der Waals surface area (Å²) in [5.41, 5.74) is 7.78. The molecule has 2 aliphatic heterocycles. The van der Waals surface area contributed by atoms with Crippen LogP contribution >= 0.6 is 11.6 Å². The van der Waals surface area contributed by atoms with E-state index in [2.05, 4.69) is 4.72 Å². The molecular weight excluding hydrogens is 546 g/mol. The number of aryl methyl sites for hydroxylation is 1. The van der Waals surface area contributed by atoms with Gasteiger partial charge in [-0.1, -0.05) is 11.6 Å². The number of nitrogens with zero attached hydrogens (tertiary/aromatic N) is 5. The number of primary amides is 1. The second-order valence-electron chi connectivity index (χ2n) is 10.2. The van der Waals surface area contributed by atoms with E-state index < -0.39 is 28.0 Å². The maximum atomic E-state index is 13.8. The van der Waals surface area contributed by atoms with Crippen molar-refractivity contribution in [3.05, 3.63) is 52.3 Å². The van der Waals surface area contributed by atoms with E-state index in [-0.39, 0.29) is 36.3 Å². The molecule has 2 aromatic heterocycles. The molecule has 14 heteroatoms. The number of nitrogens with two attached hydrogens (primary N) is 1. The third-order valence-corrected chi connectivity index (χ3v) is 8.02. The highest BCUT2D eigenvalue weighted by molar-refractivity contribution is 7.92. The molecule has 0 aliphatic carbocycles. The van der Waals surface area contributed by atoms with Crippen molar-refractivity contribution in [1.82, 2.24) is 19.5 Å². The fourth-order valence-corrected chi connectivity index (χ4v) is 6.11. The number of aliphatic hydroxyl groups excluding tert-OH is 1. The molecule has 2 saturated heterocycles. The second kappa shape index (κ2) is 10.3. The van der Waals surface area contributed by atoms with Gasteiger partial charge in [0.05, 0.1) is 41.3 Å². The van der Waals surface area contributed by atoms with Crippen molar-refractivity contribution in [2.45, 2.75) is 38.3 Å². The van der Waals surface area contributed by atoms with Gasteiger partial charge in [-0.3, -0.25) is 14.3 Å². The second-order valence-corrected chi connectivity index (χ2v) is 12.4. The van der Waals surface area contributed by atoms with E-state index in [0.717, 1.165) is 24.7 Å². The van der Waals surface area contributed by atoms with Crippen LogP contribution in [0.2, 0.25) is 5.02 Å². The number of carbonyl (C=O) groups is 2. The summed E-state index contributed by atoms with van der Waals surface area (Å²) in [6, 6.07) is 5.94. The van der Waals surface area contributed by atoms with E-state index in [4.69, 9.17) is 27.4 Å². The van der Waals surface area contributed by atoms with Crippen LogP contribution in [0.15, 0.2) is 30.5 Å². The van der Waals surface area contributed by atoms with Gasteiger partial charge in [0.25, 0.3) is 5.91 Å². The first-order valence-electron chi connectivity index (χ1n) is 12.6. The molecule has 3 atom stereocenters. The van der Waals surface area contributed by atoms with Gasteiger partial charge in [0, 0.05) is 42.5 Å². The van der Waals surface area contributed by atoms with Gasteiger partial charge in [0.15, 0.2) is 5.65 Å². The highest BCUT2D eigenvalue weighted by Crippen LogP contribution is 2.34. The predicted molar refractivity (Wildman–Crippen MR) is 146 cm³/mol. The maximum Gasteiger partial charge on any atom is 0.256 e. The number of aromatic nitrogens is 3. The lowest BCUT2D eigenvalue weighted by molar-refractivity contribution is -0.123. The number of halogens is 1.